The van der Waals surface area contributed by atoms with Gasteiger partial charge in [-0.25, -0.2) is 9.18 Å². The first-order chi connectivity index (χ1) is 14.0. The molecular formula is C22H18FN3O3. The maximum Gasteiger partial charge on any atom is 0.321 e. The molecule has 0 atom stereocenters. The highest BCUT2D eigenvalue weighted by molar-refractivity contribution is 6.10. The highest BCUT2D eigenvalue weighted by Gasteiger charge is 2.21. The molecule has 1 fully saturated rings. The molecule has 1 saturated heterocycles. The highest BCUT2D eigenvalue weighted by atomic mass is 19.1. The van der Waals surface area contributed by atoms with Crippen LogP contribution in [0.5, 0.6) is 0 Å². The number of anilines is 1. The van der Waals surface area contributed by atoms with Crippen LogP contribution in [0.2, 0.25) is 0 Å². The van der Waals surface area contributed by atoms with Crippen molar-refractivity contribution in [3.05, 3.63) is 77.6 Å². The average molecular weight is 391 g/mol. The van der Waals surface area contributed by atoms with E-state index in [2.05, 4.69) is 10.6 Å². The first kappa shape index (κ1) is 18.6. The Morgan fingerprint density at radius 3 is 2.41 bits per heavy atom. The molecule has 7 heteroatoms. The van der Waals surface area contributed by atoms with Crippen LogP contribution in [0.1, 0.15) is 20.7 Å². The number of urea groups is 1. The molecule has 6 nitrogen and oxygen atoms in total. The first-order valence-corrected chi connectivity index (χ1v) is 9.18. The fraction of sp³-hybridized carbons (Fsp3) is 0.136. The largest absolute Gasteiger partial charge is 0.345 e. The van der Waals surface area contributed by atoms with Crippen LogP contribution in [0.15, 0.2) is 60.7 Å². The molecule has 146 valence electrons. The predicted octanol–water partition coefficient (Wildman–Crippen LogP) is 3.12. The molecule has 0 aromatic heterocycles. The summed E-state index contributed by atoms with van der Waals surface area (Å²) in [6, 6.07) is 15.8. The Hall–Kier alpha value is -3.74. The molecule has 0 unspecified atom stereocenters. The Balaban J connectivity index is 1.44. The SMILES string of the molecule is O=C(NCC(=O)c1ccc(F)c2ccccc12)c1ccc(N2CCNC2=O)cc1. The average Bonchev–Trinajstić information content (AvgIpc) is 3.18. The van der Waals surface area contributed by atoms with E-state index in [1.54, 1.807) is 53.4 Å². The van der Waals surface area contributed by atoms with Crippen molar-refractivity contribution in [3.8, 4) is 0 Å². The molecule has 4 rings (SSSR count). The van der Waals surface area contributed by atoms with E-state index in [9.17, 15) is 18.8 Å². The van der Waals surface area contributed by atoms with Crippen molar-refractivity contribution in [1.29, 1.82) is 0 Å². The van der Waals surface area contributed by atoms with E-state index >= 15 is 0 Å². The molecule has 3 aromatic carbocycles. The van der Waals surface area contributed by atoms with Gasteiger partial charge in [-0.1, -0.05) is 24.3 Å². The zero-order valence-corrected chi connectivity index (χ0v) is 15.4. The van der Waals surface area contributed by atoms with Gasteiger partial charge in [-0.2, -0.15) is 0 Å². The summed E-state index contributed by atoms with van der Waals surface area (Å²) < 4.78 is 13.9. The van der Waals surface area contributed by atoms with Crippen LogP contribution in [0.3, 0.4) is 0 Å². The number of rotatable bonds is 5. The molecule has 0 bridgehead atoms. The smallest absolute Gasteiger partial charge is 0.321 e. The Bertz CT molecular complexity index is 1110. The van der Waals surface area contributed by atoms with Crippen LogP contribution in [-0.2, 0) is 0 Å². The summed E-state index contributed by atoms with van der Waals surface area (Å²) in [4.78, 5) is 38.2. The fourth-order valence-corrected chi connectivity index (χ4v) is 3.37. The number of benzene rings is 3. The number of Topliss-reactive ketones (excluding diaryl/α,β-unsaturated/α-hetero) is 1. The topological polar surface area (TPSA) is 78.5 Å². The van der Waals surface area contributed by atoms with Crippen molar-refractivity contribution < 1.29 is 18.8 Å². The van der Waals surface area contributed by atoms with Crippen molar-refractivity contribution in [3.63, 3.8) is 0 Å². The minimum absolute atomic E-state index is 0.167. The van der Waals surface area contributed by atoms with Gasteiger partial charge in [0.15, 0.2) is 5.78 Å². The second-order valence-corrected chi connectivity index (χ2v) is 6.68. The fourth-order valence-electron chi connectivity index (χ4n) is 3.37. The lowest BCUT2D eigenvalue weighted by Crippen LogP contribution is -2.30. The number of carbonyl (C=O) groups excluding carboxylic acids is 3. The zero-order valence-electron chi connectivity index (χ0n) is 15.4. The summed E-state index contributed by atoms with van der Waals surface area (Å²) in [7, 11) is 0. The van der Waals surface area contributed by atoms with E-state index in [1.165, 1.54) is 12.1 Å². The highest BCUT2D eigenvalue weighted by Crippen LogP contribution is 2.22. The molecule has 3 amide bonds. The van der Waals surface area contributed by atoms with Gasteiger partial charge in [0.1, 0.15) is 5.82 Å². The molecule has 0 spiro atoms. The van der Waals surface area contributed by atoms with Crippen LogP contribution >= 0.6 is 0 Å². The normalized spacial score (nSPS) is 13.4. The van der Waals surface area contributed by atoms with E-state index in [4.69, 9.17) is 0 Å². The molecule has 3 aromatic rings. The molecule has 1 aliphatic heterocycles. The summed E-state index contributed by atoms with van der Waals surface area (Å²) in [5.41, 5.74) is 1.44. The molecule has 0 aliphatic carbocycles. The maximum absolute atomic E-state index is 13.9. The number of fused-ring (bicyclic) bond motifs is 1. The molecular weight excluding hydrogens is 373 g/mol. The van der Waals surface area contributed by atoms with E-state index in [0.717, 1.165) is 0 Å². The maximum atomic E-state index is 13.9. The van der Waals surface area contributed by atoms with Crippen molar-refractivity contribution in [2.24, 2.45) is 0 Å². The summed E-state index contributed by atoms with van der Waals surface area (Å²) in [5.74, 6) is -1.10. The van der Waals surface area contributed by atoms with Crippen LogP contribution in [0, 0.1) is 5.82 Å². The minimum atomic E-state index is -0.401. The van der Waals surface area contributed by atoms with Gasteiger partial charge < -0.3 is 10.6 Å². The van der Waals surface area contributed by atoms with Gasteiger partial charge in [0.25, 0.3) is 5.91 Å². The summed E-state index contributed by atoms with van der Waals surface area (Å²) in [6.07, 6.45) is 0. The van der Waals surface area contributed by atoms with Gasteiger partial charge >= 0.3 is 6.03 Å². The summed E-state index contributed by atoms with van der Waals surface area (Å²) >= 11 is 0. The number of hydrogen-bond acceptors (Lipinski definition) is 3. The van der Waals surface area contributed by atoms with E-state index in [0.29, 0.717) is 40.7 Å². The van der Waals surface area contributed by atoms with Crippen LogP contribution < -0.4 is 15.5 Å². The van der Waals surface area contributed by atoms with Gasteiger partial charge in [-0.3, -0.25) is 14.5 Å². The van der Waals surface area contributed by atoms with Gasteiger partial charge in [0.2, 0.25) is 0 Å². The third kappa shape index (κ3) is 3.67. The third-order valence-corrected chi connectivity index (χ3v) is 4.88. The van der Waals surface area contributed by atoms with Gasteiger partial charge in [-0.15, -0.1) is 0 Å². The Labute approximate surface area is 166 Å². The second kappa shape index (κ2) is 7.71. The lowest BCUT2D eigenvalue weighted by Gasteiger charge is -2.14. The monoisotopic (exact) mass is 391 g/mol. The number of ketones is 1. The van der Waals surface area contributed by atoms with E-state index < -0.39 is 11.7 Å². The Kier molecular flexibility index (Phi) is 4.95. The van der Waals surface area contributed by atoms with E-state index in [1.807, 2.05) is 0 Å². The molecule has 1 heterocycles. The summed E-state index contributed by atoms with van der Waals surface area (Å²) in [6.45, 7) is 0.955. The number of nitrogens with one attached hydrogen (secondary N) is 2. The van der Waals surface area contributed by atoms with Gasteiger partial charge in [0.05, 0.1) is 6.54 Å². The second-order valence-electron chi connectivity index (χ2n) is 6.68. The summed E-state index contributed by atoms with van der Waals surface area (Å²) in [5, 5.41) is 6.20. The Morgan fingerprint density at radius 2 is 1.72 bits per heavy atom. The van der Waals surface area contributed by atoms with Crippen molar-refractivity contribution >= 4 is 34.2 Å². The molecule has 29 heavy (non-hydrogen) atoms. The number of amides is 3. The van der Waals surface area contributed by atoms with Gasteiger partial charge in [0, 0.05) is 35.3 Å². The van der Waals surface area contributed by atoms with Gasteiger partial charge in [-0.05, 0) is 41.8 Å². The standard InChI is InChI=1S/C22H18FN3O3/c23-19-10-9-18(16-3-1-2-4-17(16)19)20(27)13-25-21(28)14-5-7-15(8-6-14)26-12-11-24-22(26)29/h1-10H,11-13H2,(H,24,29)(H,25,28). The number of halogens is 1. The van der Waals surface area contributed by atoms with Crippen LogP contribution in [0.25, 0.3) is 10.8 Å². The first-order valence-electron chi connectivity index (χ1n) is 9.18. The molecule has 1 aliphatic rings. The Morgan fingerprint density at radius 1 is 1.00 bits per heavy atom. The third-order valence-electron chi connectivity index (χ3n) is 4.88. The van der Waals surface area contributed by atoms with Crippen molar-refractivity contribution in [1.82, 2.24) is 10.6 Å². The quantitative estimate of drug-likeness (QED) is 0.656. The molecule has 0 radical (unpaired) electrons. The van der Waals surface area contributed by atoms with Crippen LogP contribution in [0.4, 0.5) is 14.9 Å². The number of nitrogens with zero attached hydrogens (tertiary/aromatic N) is 1. The zero-order chi connectivity index (χ0) is 20.4. The lowest BCUT2D eigenvalue weighted by molar-refractivity contribution is 0.0904. The van der Waals surface area contributed by atoms with E-state index in [-0.39, 0.29) is 18.4 Å². The lowest BCUT2D eigenvalue weighted by atomic mass is 10.0. The minimum Gasteiger partial charge on any atom is -0.345 e. The number of hydrogen-bond donors (Lipinski definition) is 2. The van der Waals surface area contributed by atoms with Crippen molar-refractivity contribution in [2.45, 2.75) is 0 Å². The number of carbonyl (C=O) groups is 3. The predicted molar refractivity (Wildman–Crippen MR) is 108 cm³/mol. The molecule has 2 N–H and O–H groups in total. The van der Waals surface area contributed by atoms with Crippen molar-refractivity contribution in [2.75, 3.05) is 24.5 Å². The van der Waals surface area contributed by atoms with Crippen LogP contribution in [-0.4, -0.2) is 37.4 Å². The molecule has 0 saturated carbocycles.